The summed E-state index contributed by atoms with van der Waals surface area (Å²) in [5, 5.41) is 3.31. The highest BCUT2D eigenvalue weighted by molar-refractivity contribution is 5.87. The van der Waals surface area contributed by atoms with E-state index >= 15 is 0 Å². The van der Waals surface area contributed by atoms with Crippen LogP contribution in [-0.4, -0.2) is 52.5 Å². The van der Waals surface area contributed by atoms with Crippen LogP contribution in [0.5, 0.6) is 0 Å². The Morgan fingerprint density at radius 2 is 1.93 bits per heavy atom. The molecule has 1 unspecified atom stereocenters. The monoisotopic (exact) mass is 392 g/mol. The standard InChI is InChI=1S/C22H28N6O/c23-22(21(29)28-12-4-7-18(28)16-5-2-1-3-6-16)9-13-27(14-10-22)20-17-8-11-24-19(17)25-15-26-20/h1-3,5-6,15,18H,4,7-14,23H2,(H,24,25,26). The Morgan fingerprint density at radius 3 is 2.72 bits per heavy atom. The molecule has 2 fully saturated rings. The Labute approximate surface area is 171 Å². The van der Waals surface area contributed by atoms with Crippen LogP contribution < -0.4 is 16.0 Å². The highest BCUT2D eigenvalue weighted by Gasteiger charge is 2.44. The summed E-state index contributed by atoms with van der Waals surface area (Å²) in [6, 6.07) is 10.5. The zero-order chi connectivity index (χ0) is 19.8. The Balaban J connectivity index is 1.30. The summed E-state index contributed by atoms with van der Waals surface area (Å²) < 4.78 is 0. The molecule has 5 rings (SSSR count). The molecule has 1 aromatic carbocycles. The van der Waals surface area contributed by atoms with Gasteiger partial charge >= 0.3 is 0 Å². The van der Waals surface area contributed by atoms with Crippen molar-refractivity contribution in [2.45, 2.75) is 43.7 Å². The number of piperidine rings is 1. The number of nitrogens with two attached hydrogens (primary N) is 1. The van der Waals surface area contributed by atoms with Crippen LogP contribution >= 0.6 is 0 Å². The van der Waals surface area contributed by atoms with Crippen molar-refractivity contribution in [3.05, 3.63) is 47.8 Å². The molecule has 1 aromatic heterocycles. The first-order chi connectivity index (χ1) is 14.2. The minimum atomic E-state index is -0.789. The van der Waals surface area contributed by atoms with E-state index in [2.05, 4.69) is 32.3 Å². The molecule has 0 spiro atoms. The molecule has 0 radical (unpaired) electrons. The van der Waals surface area contributed by atoms with Gasteiger partial charge in [0.2, 0.25) is 5.91 Å². The van der Waals surface area contributed by atoms with Crippen LogP contribution in [0.4, 0.5) is 11.6 Å². The van der Waals surface area contributed by atoms with E-state index in [1.54, 1.807) is 6.33 Å². The molecule has 0 bridgehead atoms. The van der Waals surface area contributed by atoms with Crippen molar-refractivity contribution in [1.82, 2.24) is 14.9 Å². The third kappa shape index (κ3) is 3.23. The molecule has 0 saturated carbocycles. The van der Waals surface area contributed by atoms with Crippen LogP contribution in [0.1, 0.15) is 42.9 Å². The van der Waals surface area contributed by atoms with Crippen molar-refractivity contribution in [3.8, 4) is 0 Å². The molecule has 3 N–H and O–H groups in total. The van der Waals surface area contributed by atoms with Crippen LogP contribution in [0.25, 0.3) is 0 Å². The molecule has 152 valence electrons. The lowest BCUT2D eigenvalue weighted by atomic mass is 9.86. The average molecular weight is 393 g/mol. The molecule has 2 saturated heterocycles. The molecule has 7 nitrogen and oxygen atoms in total. The normalized spacial score (nSPS) is 23.0. The topological polar surface area (TPSA) is 87.4 Å². The van der Waals surface area contributed by atoms with E-state index in [-0.39, 0.29) is 11.9 Å². The van der Waals surface area contributed by atoms with Gasteiger partial charge in [0.15, 0.2) is 0 Å². The minimum absolute atomic E-state index is 0.109. The van der Waals surface area contributed by atoms with E-state index in [1.807, 2.05) is 23.1 Å². The number of aromatic nitrogens is 2. The van der Waals surface area contributed by atoms with Gasteiger partial charge in [0, 0.05) is 31.7 Å². The maximum Gasteiger partial charge on any atom is 0.243 e. The second-order valence-corrected chi connectivity index (χ2v) is 8.41. The number of hydrogen-bond donors (Lipinski definition) is 2. The van der Waals surface area contributed by atoms with E-state index in [9.17, 15) is 4.79 Å². The van der Waals surface area contributed by atoms with Crippen molar-refractivity contribution in [2.75, 3.05) is 36.4 Å². The van der Waals surface area contributed by atoms with Crippen molar-refractivity contribution in [3.63, 3.8) is 0 Å². The highest BCUT2D eigenvalue weighted by atomic mass is 16.2. The summed E-state index contributed by atoms with van der Waals surface area (Å²) in [7, 11) is 0. The number of rotatable bonds is 3. The first-order valence-electron chi connectivity index (χ1n) is 10.6. The number of likely N-dealkylation sites (tertiary alicyclic amines) is 1. The Hall–Kier alpha value is -2.67. The molecule has 0 aliphatic carbocycles. The Bertz CT molecular complexity index is 893. The number of benzene rings is 1. The summed E-state index contributed by atoms with van der Waals surface area (Å²) in [6.45, 7) is 3.20. The number of carbonyl (C=O) groups is 1. The van der Waals surface area contributed by atoms with Gasteiger partial charge in [-0.15, -0.1) is 0 Å². The number of nitrogens with zero attached hydrogens (tertiary/aromatic N) is 4. The number of amides is 1. The molecular formula is C22H28N6O. The summed E-state index contributed by atoms with van der Waals surface area (Å²) in [5.41, 5.74) is 8.32. The first-order valence-corrected chi connectivity index (χ1v) is 10.6. The first kappa shape index (κ1) is 18.4. The lowest BCUT2D eigenvalue weighted by Crippen LogP contribution is -2.60. The van der Waals surface area contributed by atoms with E-state index < -0.39 is 5.54 Å². The lowest BCUT2D eigenvalue weighted by molar-refractivity contribution is -0.138. The maximum absolute atomic E-state index is 13.5. The van der Waals surface area contributed by atoms with Gasteiger partial charge in [-0.3, -0.25) is 4.79 Å². The summed E-state index contributed by atoms with van der Waals surface area (Å²) in [4.78, 5) is 26.6. The van der Waals surface area contributed by atoms with Crippen LogP contribution in [0.3, 0.4) is 0 Å². The van der Waals surface area contributed by atoms with Gasteiger partial charge in [0.05, 0.1) is 11.6 Å². The van der Waals surface area contributed by atoms with E-state index in [0.29, 0.717) is 12.8 Å². The summed E-state index contributed by atoms with van der Waals surface area (Å²) >= 11 is 0. The van der Waals surface area contributed by atoms with Gasteiger partial charge in [0.25, 0.3) is 0 Å². The minimum Gasteiger partial charge on any atom is -0.369 e. The maximum atomic E-state index is 13.5. The molecule has 3 aliphatic heterocycles. The fraction of sp³-hybridized carbons (Fsp3) is 0.500. The third-order valence-corrected chi connectivity index (χ3v) is 6.67. The molecule has 1 atom stereocenters. The van der Waals surface area contributed by atoms with Crippen LogP contribution in [0, 0.1) is 0 Å². The largest absolute Gasteiger partial charge is 0.369 e. The predicted octanol–water partition coefficient (Wildman–Crippen LogP) is 2.11. The fourth-order valence-corrected chi connectivity index (χ4v) is 5.01. The van der Waals surface area contributed by atoms with Crippen LogP contribution in [0.15, 0.2) is 36.7 Å². The van der Waals surface area contributed by atoms with Crippen molar-refractivity contribution in [1.29, 1.82) is 0 Å². The zero-order valence-electron chi connectivity index (χ0n) is 16.7. The molecule has 4 heterocycles. The SMILES string of the molecule is NC1(C(=O)N2CCCC2c2ccccc2)CCN(c2ncnc3c2CCN3)CC1. The van der Waals surface area contributed by atoms with E-state index in [1.165, 1.54) is 11.1 Å². The molecule has 3 aliphatic rings. The van der Waals surface area contributed by atoms with E-state index in [0.717, 1.165) is 57.1 Å². The average Bonchev–Trinajstić information content (AvgIpc) is 3.44. The number of anilines is 2. The second kappa shape index (κ2) is 7.30. The smallest absolute Gasteiger partial charge is 0.243 e. The predicted molar refractivity (Wildman–Crippen MR) is 113 cm³/mol. The van der Waals surface area contributed by atoms with Gasteiger partial charge in [-0.25, -0.2) is 9.97 Å². The molecule has 7 heteroatoms. The number of fused-ring (bicyclic) bond motifs is 1. The van der Waals surface area contributed by atoms with Gasteiger partial charge in [0.1, 0.15) is 18.0 Å². The lowest BCUT2D eigenvalue weighted by Gasteiger charge is -2.42. The summed E-state index contributed by atoms with van der Waals surface area (Å²) in [5.74, 6) is 2.05. The zero-order valence-corrected chi connectivity index (χ0v) is 16.7. The molecular weight excluding hydrogens is 364 g/mol. The molecule has 29 heavy (non-hydrogen) atoms. The van der Waals surface area contributed by atoms with E-state index in [4.69, 9.17) is 5.73 Å². The van der Waals surface area contributed by atoms with Crippen molar-refractivity contribution in [2.24, 2.45) is 5.73 Å². The highest BCUT2D eigenvalue weighted by Crippen LogP contribution is 2.36. The third-order valence-electron chi connectivity index (χ3n) is 6.67. The number of nitrogens with one attached hydrogen (secondary N) is 1. The number of carbonyl (C=O) groups excluding carboxylic acids is 1. The van der Waals surface area contributed by atoms with Crippen LogP contribution in [-0.2, 0) is 11.2 Å². The van der Waals surface area contributed by atoms with Gasteiger partial charge < -0.3 is 20.9 Å². The second-order valence-electron chi connectivity index (χ2n) is 8.41. The van der Waals surface area contributed by atoms with Crippen LogP contribution in [0.2, 0.25) is 0 Å². The summed E-state index contributed by atoms with van der Waals surface area (Å²) in [6.07, 6.45) is 5.91. The Kier molecular flexibility index (Phi) is 4.62. The van der Waals surface area contributed by atoms with Crippen molar-refractivity contribution >= 4 is 17.5 Å². The quantitative estimate of drug-likeness (QED) is 0.832. The Morgan fingerprint density at radius 1 is 1.14 bits per heavy atom. The number of hydrogen-bond acceptors (Lipinski definition) is 6. The van der Waals surface area contributed by atoms with Gasteiger partial charge in [-0.1, -0.05) is 30.3 Å². The molecule has 2 aromatic rings. The van der Waals surface area contributed by atoms with Gasteiger partial charge in [-0.05, 0) is 37.7 Å². The van der Waals surface area contributed by atoms with Crippen molar-refractivity contribution < 1.29 is 4.79 Å². The fourth-order valence-electron chi connectivity index (χ4n) is 5.01. The molecule has 1 amide bonds. The van der Waals surface area contributed by atoms with Gasteiger partial charge in [-0.2, -0.15) is 0 Å².